The fourth-order valence-electron chi connectivity index (χ4n) is 2.04. The molecule has 3 rings (SSSR count). The summed E-state index contributed by atoms with van der Waals surface area (Å²) in [6.07, 6.45) is 1.48. The van der Waals surface area contributed by atoms with Gasteiger partial charge in [0.1, 0.15) is 0 Å². The third kappa shape index (κ3) is 3.35. The van der Waals surface area contributed by atoms with E-state index in [2.05, 4.69) is 29.7 Å². The molecule has 1 amide bonds. The van der Waals surface area contributed by atoms with Gasteiger partial charge in [0, 0.05) is 17.1 Å². The smallest absolute Gasteiger partial charge is 0.291 e. The first-order valence-corrected chi connectivity index (χ1v) is 6.99. The molecule has 0 saturated carbocycles. The van der Waals surface area contributed by atoms with Crippen LogP contribution < -0.4 is 10.6 Å². The Morgan fingerprint density at radius 2 is 1.45 bits per heavy atom. The summed E-state index contributed by atoms with van der Waals surface area (Å²) in [5.41, 5.74) is 3.93. The lowest BCUT2D eigenvalue weighted by Crippen LogP contribution is -2.10. The molecule has 0 atom stereocenters. The van der Waals surface area contributed by atoms with Gasteiger partial charge in [-0.15, -0.1) is 0 Å². The highest BCUT2D eigenvalue weighted by atomic mass is 16.3. The molecule has 1 heterocycles. The van der Waals surface area contributed by atoms with Crippen molar-refractivity contribution in [2.75, 3.05) is 10.6 Å². The van der Waals surface area contributed by atoms with E-state index in [1.807, 2.05) is 36.4 Å². The van der Waals surface area contributed by atoms with E-state index >= 15 is 0 Å². The number of carbonyl (C=O) groups excluding carboxylic acids is 1. The Morgan fingerprint density at radius 1 is 0.864 bits per heavy atom. The second-order valence-electron chi connectivity index (χ2n) is 5.00. The molecule has 0 radical (unpaired) electrons. The molecule has 0 unspecified atom stereocenters. The van der Waals surface area contributed by atoms with Crippen molar-refractivity contribution in [3.8, 4) is 0 Å². The Morgan fingerprint density at radius 3 is 2.05 bits per heavy atom. The van der Waals surface area contributed by atoms with Crippen molar-refractivity contribution >= 4 is 23.0 Å². The number of furan rings is 1. The van der Waals surface area contributed by atoms with Crippen molar-refractivity contribution < 1.29 is 9.21 Å². The predicted molar refractivity (Wildman–Crippen MR) is 87.6 cm³/mol. The molecular weight excluding hydrogens is 276 g/mol. The summed E-state index contributed by atoms with van der Waals surface area (Å²) in [7, 11) is 0. The van der Waals surface area contributed by atoms with E-state index in [1.54, 1.807) is 12.1 Å². The number of hydrogen-bond donors (Lipinski definition) is 2. The van der Waals surface area contributed by atoms with Crippen LogP contribution in [0.4, 0.5) is 17.1 Å². The van der Waals surface area contributed by atoms with Crippen molar-refractivity contribution in [1.82, 2.24) is 0 Å². The van der Waals surface area contributed by atoms with E-state index in [0.29, 0.717) is 5.76 Å². The van der Waals surface area contributed by atoms with Crippen LogP contribution >= 0.6 is 0 Å². The lowest BCUT2D eigenvalue weighted by Gasteiger charge is -2.08. The average molecular weight is 292 g/mol. The topological polar surface area (TPSA) is 54.3 Å². The Bertz CT molecular complexity index is 745. The monoisotopic (exact) mass is 292 g/mol. The normalized spacial score (nSPS) is 10.2. The van der Waals surface area contributed by atoms with Crippen LogP contribution in [0.25, 0.3) is 0 Å². The summed E-state index contributed by atoms with van der Waals surface area (Å²) in [4.78, 5) is 11.9. The molecule has 0 aliphatic heterocycles. The molecule has 2 N–H and O–H groups in total. The molecule has 0 aliphatic carbocycles. The summed E-state index contributed by atoms with van der Waals surface area (Å²) in [5, 5.41) is 6.09. The fourth-order valence-corrected chi connectivity index (χ4v) is 2.04. The van der Waals surface area contributed by atoms with Crippen molar-refractivity contribution in [3.05, 3.63) is 78.3 Å². The van der Waals surface area contributed by atoms with E-state index in [1.165, 1.54) is 11.8 Å². The van der Waals surface area contributed by atoms with Crippen LogP contribution in [0.5, 0.6) is 0 Å². The van der Waals surface area contributed by atoms with Crippen LogP contribution in [0.2, 0.25) is 0 Å². The molecule has 0 fully saturated rings. The summed E-state index contributed by atoms with van der Waals surface area (Å²) in [5.74, 6) is 0.0334. The molecule has 22 heavy (non-hydrogen) atoms. The number of hydrogen-bond acceptors (Lipinski definition) is 3. The van der Waals surface area contributed by atoms with Crippen LogP contribution in [-0.2, 0) is 0 Å². The number of nitrogens with one attached hydrogen (secondary N) is 2. The van der Waals surface area contributed by atoms with Crippen LogP contribution in [-0.4, -0.2) is 5.91 Å². The first-order valence-electron chi connectivity index (χ1n) is 6.99. The van der Waals surface area contributed by atoms with Gasteiger partial charge in [-0.05, 0) is 55.5 Å². The van der Waals surface area contributed by atoms with Gasteiger partial charge < -0.3 is 15.1 Å². The average Bonchev–Trinajstić information content (AvgIpc) is 3.06. The van der Waals surface area contributed by atoms with Gasteiger partial charge in [0.15, 0.2) is 5.76 Å². The van der Waals surface area contributed by atoms with Crippen LogP contribution in [0.3, 0.4) is 0 Å². The maximum atomic E-state index is 11.9. The van der Waals surface area contributed by atoms with Gasteiger partial charge in [-0.3, -0.25) is 4.79 Å². The third-order valence-corrected chi connectivity index (χ3v) is 3.23. The van der Waals surface area contributed by atoms with E-state index < -0.39 is 0 Å². The number of rotatable bonds is 4. The molecule has 4 heteroatoms. The molecular formula is C18H16N2O2. The zero-order chi connectivity index (χ0) is 15.4. The Kier molecular flexibility index (Phi) is 3.92. The Hall–Kier alpha value is -3.01. The molecule has 3 aromatic rings. The molecule has 2 aromatic carbocycles. The van der Waals surface area contributed by atoms with Gasteiger partial charge in [0.25, 0.3) is 5.91 Å². The molecule has 4 nitrogen and oxygen atoms in total. The molecule has 0 bridgehead atoms. The molecule has 0 spiro atoms. The standard InChI is InChI=1S/C18H16N2O2/c1-13-4-6-14(7-5-13)19-15-8-10-16(11-9-15)20-18(21)17-3-2-12-22-17/h2-12,19H,1H3,(H,20,21). The number of amides is 1. The van der Waals surface area contributed by atoms with E-state index in [-0.39, 0.29) is 5.91 Å². The molecule has 110 valence electrons. The van der Waals surface area contributed by atoms with Gasteiger partial charge in [-0.25, -0.2) is 0 Å². The highest BCUT2D eigenvalue weighted by Crippen LogP contribution is 2.19. The van der Waals surface area contributed by atoms with Crippen LogP contribution in [0, 0.1) is 6.92 Å². The number of aryl methyl sites for hydroxylation is 1. The van der Waals surface area contributed by atoms with Gasteiger partial charge >= 0.3 is 0 Å². The summed E-state index contributed by atoms with van der Waals surface area (Å²) in [6.45, 7) is 2.06. The highest BCUT2D eigenvalue weighted by molar-refractivity contribution is 6.02. The van der Waals surface area contributed by atoms with Gasteiger partial charge in [-0.1, -0.05) is 17.7 Å². The highest BCUT2D eigenvalue weighted by Gasteiger charge is 2.08. The van der Waals surface area contributed by atoms with Crippen molar-refractivity contribution in [1.29, 1.82) is 0 Å². The lowest BCUT2D eigenvalue weighted by atomic mass is 10.2. The minimum absolute atomic E-state index is 0.260. The molecule has 0 aliphatic rings. The zero-order valence-corrected chi connectivity index (χ0v) is 12.2. The van der Waals surface area contributed by atoms with Gasteiger partial charge in [-0.2, -0.15) is 0 Å². The first kappa shape index (κ1) is 13.9. The van der Waals surface area contributed by atoms with Crippen molar-refractivity contribution in [2.45, 2.75) is 6.92 Å². The van der Waals surface area contributed by atoms with Crippen LogP contribution in [0.1, 0.15) is 16.1 Å². The van der Waals surface area contributed by atoms with E-state index in [4.69, 9.17) is 4.42 Å². The largest absolute Gasteiger partial charge is 0.459 e. The van der Waals surface area contributed by atoms with Gasteiger partial charge in [0.2, 0.25) is 0 Å². The fraction of sp³-hybridized carbons (Fsp3) is 0.0556. The maximum Gasteiger partial charge on any atom is 0.291 e. The number of benzene rings is 2. The van der Waals surface area contributed by atoms with E-state index in [0.717, 1.165) is 17.1 Å². The minimum Gasteiger partial charge on any atom is -0.459 e. The second-order valence-corrected chi connectivity index (χ2v) is 5.00. The SMILES string of the molecule is Cc1ccc(Nc2ccc(NC(=O)c3ccco3)cc2)cc1. The van der Waals surface area contributed by atoms with Crippen molar-refractivity contribution in [2.24, 2.45) is 0 Å². The second kappa shape index (κ2) is 6.18. The van der Waals surface area contributed by atoms with E-state index in [9.17, 15) is 4.79 Å². The summed E-state index contributed by atoms with van der Waals surface area (Å²) >= 11 is 0. The minimum atomic E-state index is -0.260. The molecule has 1 aromatic heterocycles. The number of carbonyl (C=O) groups is 1. The number of anilines is 3. The summed E-state index contributed by atoms with van der Waals surface area (Å²) in [6, 6.07) is 19.0. The van der Waals surface area contributed by atoms with Gasteiger partial charge in [0.05, 0.1) is 6.26 Å². The zero-order valence-electron chi connectivity index (χ0n) is 12.2. The van der Waals surface area contributed by atoms with Crippen LogP contribution in [0.15, 0.2) is 71.3 Å². The Labute approximate surface area is 128 Å². The maximum absolute atomic E-state index is 11.9. The Balaban J connectivity index is 1.65. The quantitative estimate of drug-likeness (QED) is 0.739. The third-order valence-electron chi connectivity index (χ3n) is 3.23. The predicted octanol–water partition coefficient (Wildman–Crippen LogP) is 4.58. The van der Waals surface area contributed by atoms with Crippen molar-refractivity contribution in [3.63, 3.8) is 0 Å². The molecule has 0 saturated heterocycles. The summed E-state index contributed by atoms with van der Waals surface area (Å²) < 4.78 is 5.06. The first-order chi connectivity index (χ1) is 10.7. The lowest BCUT2D eigenvalue weighted by molar-refractivity contribution is 0.0996.